The minimum absolute atomic E-state index is 0.0278. The third kappa shape index (κ3) is 6.13. The quantitative estimate of drug-likeness (QED) is 0.231. The summed E-state index contributed by atoms with van der Waals surface area (Å²) in [6, 6.07) is 19.0. The van der Waals surface area contributed by atoms with E-state index in [0.29, 0.717) is 25.2 Å². The van der Waals surface area contributed by atoms with Gasteiger partial charge in [0.25, 0.3) is 22.9 Å². The van der Waals surface area contributed by atoms with E-state index in [9.17, 15) is 24.3 Å². The number of anilines is 3. The number of nitrogens with one attached hydrogen (secondary N) is 3. The number of piperazine rings is 1. The number of phenolic OH excluding ortho intramolecular Hbond substituents is 1. The molecular weight excluding hydrogens is 550 g/mol. The first-order chi connectivity index (χ1) is 20.8. The number of aryl methyl sites for hydroxylation is 1. The van der Waals surface area contributed by atoms with Crippen molar-refractivity contribution in [2.24, 2.45) is 7.05 Å². The molecular formula is C31H33N7O5. The van der Waals surface area contributed by atoms with Gasteiger partial charge in [-0.1, -0.05) is 49.4 Å². The Morgan fingerprint density at radius 2 is 1.58 bits per heavy atom. The fourth-order valence-corrected chi connectivity index (χ4v) is 5.07. The summed E-state index contributed by atoms with van der Waals surface area (Å²) in [6.45, 7) is 3.14. The number of aromatic nitrogens is 3. The number of aromatic hydroxyl groups is 1. The molecule has 4 N–H and O–H groups in total. The smallest absolute Gasteiger partial charge is 0.290 e. The number of carbonyl (C=O) groups is 2. The van der Waals surface area contributed by atoms with Gasteiger partial charge in [-0.05, 0) is 36.2 Å². The Bertz CT molecular complexity index is 1730. The number of nitrogens with zero attached hydrogens (tertiary/aromatic N) is 4. The molecule has 222 valence electrons. The van der Waals surface area contributed by atoms with Crippen molar-refractivity contribution >= 4 is 28.9 Å². The van der Waals surface area contributed by atoms with Gasteiger partial charge in [-0.2, -0.15) is 0 Å². The SMILES string of the molecule is CC[C@@H](Nc1c(Nc2cccc(C(=O)N3CCN(C(=O)c4ccccn4)CC3)c2O)c(=O)[nH]n(C)c1=O)c1ccccc1. The van der Waals surface area contributed by atoms with E-state index in [4.69, 9.17) is 0 Å². The fourth-order valence-electron chi connectivity index (χ4n) is 5.07. The second-order valence-corrected chi connectivity index (χ2v) is 10.2. The van der Waals surface area contributed by atoms with Crippen LogP contribution < -0.4 is 21.8 Å². The Morgan fingerprint density at radius 3 is 2.23 bits per heavy atom. The molecule has 1 aliphatic rings. The molecule has 0 unspecified atom stereocenters. The van der Waals surface area contributed by atoms with Crippen molar-refractivity contribution in [3.63, 3.8) is 0 Å². The van der Waals surface area contributed by atoms with Gasteiger partial charge in [-0.3, -0.25) is 33.9 Å². The van der Waals surface area contributed by atoms with Crippen LogP contribution in [0.15, 0.2) is 82.5 Å². The zero-order chi connectivity index (χ0) is 30.5. The van der Waals surface area contributed by atoms with Crippen LogP contribution in [0.4, 0.5) is 17.1 Å². The Kier molecular flexibility index (Phi) is 8.56. The number of hydrogen-bond donors (Lipinski definition) is 4. The predicted molar refractivity (Wildman–Crippen MR) is 163 cm³/mol. The number of benzene rings is 2. The molecule has 1 atom stereocenters. The molecule has 0 spiro atoms. The van der Waals surface area contributed by atoms with Gasteiger partial charge < -0.3 is 25.5 Å². The lowest BCUT2D eigenvalue weighted by molar-refractivity contribution is 0.0530. The van der Waals surface area contributed by atoms with E-state index in [0.717, 1.165) is 10.2 Å². The molecule has 12 heteroatoms. The van der Waals surface area contributed by atoms with E-state index in [1.54, 1.807) is 40.3 Å². The van der Waals surface area contributed by atoms with Crippen molar-refractivity contribution in [1.29, 1.82) is 0 Å². The number of pyridine rings is 1. The van der Waals surface area contributed by atoms with Gasteiger partial charge in [-0.15, -0.1) is 0 Å². The van der Waals surface area contributed by atoms with E-state index in [1.807, 2.05) is 37.3 Å². The summed E-state index contributed by atoms with van der Waals surface area (Å²) in [5.41, 5.74) is 0.289. The Morgan fingerprint density at radius 1 is 0.907 bits per heavy atom. The van der Waals surface area contributed by atoms with Crippen LogP contribution in [0.5, 0.6) is 5.75 Å². The minimum atomic E-state index is -0.586. The summed E-state index contributed by atoms with van der Waals surface area (Å²) < 4.78 is 1.09. The number of aromatic amines is 1. The Hall–Kier alpha value is -5.39. The standard InChI is InChI=1S/C31H33N7O5/c1-3-22(20-10-5-4-6-11-20)33-26-25(28(40)35-36(2)31(26)43)34-23-14-9-12-21(27(23)39)29(41)37-16-18-38(19-17-37)30(42)24-13-7-8-15-32-24/h4-15,22,33-34,39H,3,16-19H2,1-2H3,(H,35,40)/t22-/m1/s1. The lowest BCUT2D eigenvalue weighted by Crippen LogP contribution is -2.50. The lowest BCUT2D eigenvalue weighted by Gasteiger charge is -2.34. The number of para-hydroxylation sites is 1. The van der Waals surface area contributed by atoms with Crippen molar-refractivity contribution in [1.82, 2.24) is 24.6 Å². The van der Waals surface area contributed by atoms with Gasteiger partial charge in [0.15, 0.2) is 5.75 Å². The van der Waals surface area contributed by atoms with E-state index in [-0.39, 0.29) is 53.4 Å². The van der Waals surface area contributed by atoms with Gasteiger partial charge in [-0.25, -0.2) is 0 Å². The molecule has 2 aromatic heterocycles. The zero-order valence-electron chi connectivity index (χ0n) is 23.9. The number of phenols is 1. The molecule has 0 aliphatic carbocycles. The van der Waals surface area contributed by atoms with E-state index < -0.39 is 17.0 Å². The third-order valence-corrected chi connectivity index (χ3v) is 7.46. The molecule has 1 aliphatic heterocycles. The number of rotatable bonds is 8. The zero-order valence-corrected chi connectivity index (χ0v) is 23.9. The van der Waals surface area contributed by atoms with Crippen LogP contribution in [0, 0.1) is 0 Å². The van der Waals surface area contributed by atoms with Crippen LogP contribution in [0.1, 0.15) is 45.8 Å². The second-order valence-electron chi connectivity index (χ2n) is 10.2. The summed E-state index contributed by atoms with van der Waals surface area (Å²) in [6.07, 6.45) is 2.19. The van der Waals surface area contributed by atoms with E-state index in [1.165, 1.54) is 19.2 Å². The molecule has 2 aromatic carbocycles. The van der Waals surface area contributed by atoms with Gasteiger partial charge >= 0.3 is 0 Å². The molecule has 12 nitrogen and oxygen atoms in total. The number of H-pyrrole nitrogens is 1. The van der Waals surface area contributed by atoms with E-state index >= 15 is 0 Å². The van der Waals surface area contributed by atoms with Crippen LogP contribution in [0.2, 0.25) is 0 Å². The maximum absolute atomic E-state index is 13.4. The molecule has 43 heavy (non-hydrogen) atoms. The molecule has 4 aromatic rings. The van der Waals surface area contributed by atoms with Crippen LogP contribution >= 0.6 is 0 Å². The van der Waals surface area contributed by atoms with Gasteiger partial charge in [0, 0.05) is 39.4 Å². The molecule has 1 fully saturated rings. The van der Waals surface area contributed by atoms with Gasteiger partial charge in [0.05, 0.1) is 17.3 Å². The highest BCUT2D eigenvalue weighted by Crippen LogP contribution is 2.33. The average Bonchev–Trinajstić information content (AvgIpc) is 3.04. The van der Waals surface area contributed by atoms with Gasteiger partial charge in [0.2, 0.25) is 0 Å². The molecule has 0 bridgehead atoms. The topological polar surface area (TPSA) is 153 Å². The largest absolute Gasteiger partial charge is 0.505 e. The lowest BCUT2D eigenvalue weighted by atomic mass is 10.0. The number of hydrogen-bond acceptors (Lipinski definition) is 8. The molecule has 0 saturated carbocycles. The molecule has 1 saturated heterocycles. The fraction of sp³-hybridized carbons (Fsp3) is 0.258. The Balaban J connectivity index is 1.37. The highest BCUT2D eigenvalue weighted by Gasteiger charge is 2.28. The van der Waals surface area contributed by atoms with Crippen LogP contribution in [-0.4, -0.2) is 67.7 Å². The summed E-state index contributed by atoms with van der Waals surface area (Å²) in [5.74, 6) is -0.985. The van der Waals surface area contributed by atoms with Crippen LogP contribution in [0.25, 0.3) is 0 Å². The summed E-state index contributed by atoms with van der Waals surface area (Å²) >= 11 is 0. The summed E-state index contributed by atoms with van der Waals surface area (Å²) in [4.78, 5) is 59.7. The first-order valence-electron chi connectivity index (χ1n) is 14.0. The molecule has 5 rings (SSSR count). The maximum atomic E-state index is 13.4. The van der Waals surface area contributed by atoms with Crippen molar-refractivity contribution in [2.75, 3.05) is 36.8 Å². The van der Waals surface area contributed by atoms with E-state index in [2.05, 4.69) is 20.7 Å². The predicted octanol–water partition coefficient (Wildman–Crippen LogP) is 3.08. The van der Waals surface area contributed by atoms with Crippen molar-refractivity contribution in [3.05, 3.63) is 110 Å². The Labute approximate surface area is 247 Å². The van der Waals surface area contributed by atoms with Crippen LogP contribution in [0.3, 0.4) is 0 Å². The van der Waals surface area contributed by atoms with Crippen molar-refractivity contribution < 1.29 is 14.7 Å². The van der Waals surface area contributed by atoms with Crippen molar-refractivity contribution in [2.45, 2.75) is 19.4 Å². The number of carbonyl (C=O) groups excluding carboxylic acids is 2. The van der Waals surface area contributed by atoms with Crippen molar-refractivity contribution in [3.8, 4) is 5.75 Å². The minimum Gasteiger partial charge on any atom is -0.505 e. The monoisotopic (exact) mass is 583 g/mol. The average molecular weight is 584 g/mol. The van der Waals surface area contributed by atoms with Gasteiger partial charge in [0.1, 0.15) is 17.1 Å². The molecule has 2 amide bonds. The summed E-state index contributed by atoms with van der Waals surface area (Å²) in [5, 5.41) is 19.7. The summed E-state index contributed by atoms with van der Waals surface area (Å²) in [7, 11) is 1.45. The third-order valence-electron chi connectivity index (χ3n) is 7.46. The first-order valence-corrected chi connectivity index (χ1v) is 14.0. The molecule has 3 heterocycles. The first kappa shape index (κ1) is 29.1. The second kappa shape index (κ2) is 12.6. The normalized spacial score (nSPS) is 13.8. The highest BCUT2D eigenvalue weighted by molar-refractivity contribution is 5.99. The number of amides is 2. The van der Waals surface area contributed by atoms with Crippen LogP contribution in [-0.2, 0) is 7.05 Å². The molecule has 0 radical (unpaired) electrons. The maximum Gasteiger partial charge on any atom is 0.290 e. The highest BCUT2D eigenvalue weighted by atomic mass is 16.3.